The summed E-state index contributed by atoms with van der Waals surface area (Å²) >= 11 is 0. The van der Waals surface area contributed by atoms with Crippen LogP contribution in [-0.2, 0) is 4.79 Å². The molecule has 0 aromatic carbocycles. The van der Waals surface area contributed by atoms with Crippen LogP contribution in [0.4, 0.5) is 0 Å². The van der Waals surface area contributed by atoms with Gasteiger partial charge in [-0.15, -0.1) is 0 Å². The van der Waals surface area contributed by atoms with Gasteiger partial charge in [-0.3, -0.25) is 4.79 Å². The fraction of sp³-hybridized carbons (Fsp3) is 0.900. The molecule has 1 amide bonds. The number of carbonyl (C=O) groups excluding carboxylic acids is 1. The van der Waals surface area contributed by atoms with Crippen LogP contribution in [0.25, 0.3) is 0 Å². The first-order valence-corrected chi connectivity index (χ1v) is 5.29. The van der Waals surface area contributed by atoms with Crippen LogP contribution in [0.5, 0.6) is 0 Å². The molecule has 0 heterocycles. The lowest BCUT2D eigenvalue weighted by atomic mass is 10.3. The minimum absolute atomic E-state index is 0.0986. The van der Waals surface area contributed by atoms with Crippen molar-refractivity contribution in [3.63, 3.8) is 0 Å². The van der Waals surface area contributed by atoms with Gasteiger partial charge in [0.1, 0.15) is 0 Å². The van der Waals surface area contributed by atoms with Gasteiger partial charge in [-0.25, -0.2) is 10.0 Å². The van der Waals surface area contributed by atoms with Crippen LogP contribution in [0.2, 0.25) is 0 Å². The first kappa shape index (κ1) is 13.4. The summed E-state index contributed by atoms with van der Waals surface area (Å²) in [4.78, 5) is 11.3. The quantitative estimate of drug-likeness (QED) is 0.359. The van der Waals surface area contributed by atoms with Gasteiger partial charge in [0.2, 0.25) is 0 Å². The Morgan fingerprint density at radius 3 is 2.36 bits per heavy atom. The Morgan fingerprint density at radius 2 is 1.86 bits per heavy atom. The van der Waals surface area contributed by atoms with Crippen molar-refractivity contribution in [2.75, 3.05) is 34.2 Å². The molecule has 0 aliphatic carbocycles. The van der Waals surface area contributed by atoms with E-state index in [0.717, 1.165) is 13.1 Å². The predicted octanol–water partition coefficient (Wildman–Crippen LogP) is 0.504. The molecule has 4 nitrogen and oxygen atoms in total. The monoisotopic (exact) mass is 202 g/mol. The van der Waals surface area contributed by atoms with E-state index in [1.165, 1.54) is 12.8 Å². The van der Waals surface area contributed by atoms with Gasteiger partial charge in [-0.2, -0.15) is 0 Å². The van der Waals surface area contributed by atoms with E-state index in [9.17, 15) is 4.79 Å². The number of carbonyl (C=O) groups is 1. The molecule has 0 atom stereocenters. The molecule has 0 unspecified atom stereocenters. The molecular formula is C10H24N3O+. The Hall–Kier alpha value is -0.610. The van der Waals surface area contributed by atoms with Crippen LogP contribution < -0.4 is 10.7 Å². The zero-order valence-electron chi connectivity index (χ0n) is 9.89. The van der Waals surface area contributed by atoms with E-state index in [0.29, 0.717) is 11.0 Å². The van der Waals surface area contributed by atoms with Gasteiger partial charge in [0.25, 0.3) is 5.91 Å². The standard InChI is InChI=1S/C10H23N3O/c1-5-6-8-11-9-7-10(14)12-13(2,3)4/h11H,5-9H2,1-4H3/p+1. The normalized spacial score (nSPS) is 11.4. The molecule has 0 aliphatic rings. The summed E-state index contributed by atoms with van der Waals surface area (Å²) in [7, 11) is 5.80. The maximum atomic E-state index is 11.3. The van der Waals surface area contributed by atoms with Crippen LogP contribution in [0.3, 0.4) is 0 Å². The molecule has 0 saturated carbocycles. The lowest BCUT2D eigenvalue weighted by molar-refractivity contribution is -0.906. The molecule has 0 aromatic rings. The van der Waals surface area contributed by atoms with Crippen molar-refractivity contribution in [1.82, 2.24) is 10.7 Å². The number of quaternary nitrogens is 1. The number of rotatable bonds is 7. The number of unbranched alkanes of at least 4 members (excludes halogenated alkanes) is 1. The lowest BCUT2D eigenvalue weighted by Gasteiger charge is -2.23. The van der Waals surface area contributed by atoms with E-state index >= 15 is 0 Å². The topological polar surface area (TPSA) is 41.1 Å². The third kappa shape index (κ3) is 9.48. The number of amides is 1. The average Bonchev–Trinajstić information content (AvgIpc) is 2.00. The smallest absolute Gasteiger partial charge is 0.266 e. The first-order chi connectivity index (χ1) is 6.45. The molecule has 0 spiro atoms. The van der Waals surface area contributed by atoms with Gasteiger partial charge in [0.05, 0.1) is 21.1 Å². The summed E-state index contributed by atoms with van der Waals surface area (Å²) in [6.45, 7) is 3.94. The summed E-state index contributed by atoms with van der Waals surface area (Å²) in [6, 6.07) is 0. The van der Waals surface area contributed by atoms with Crippen molar-refractivity contribution in [2.24, 2.45) is 0 Å². The lowest BCUT2D eigenvalue weighted by Crippen LogP contribution is -2.51. The van der Waals surface area contributed by atoms with Crippen molar-refractivity contribution >= 4 is 5.91 Å². The highest BCUT2D eigenvalue weighted by Crippen LogP contribution is 1.86. The molecule has 84 valence electrons. The Balaban J connectivity index is 3.36. The first-order valence-electron chi connectivity index (χ1n) is 5.29. The third-order valence-corrected chi connectivity index (χ3v) is 1.70. The predicted molar refractivity (Wildman–Crippen MR) is 58.6 cm³/mol. The molecule has 0 aromatic heterocycles. The van der Waals surface area contributed by atoms with Gasteiger partial charge >= 0.3 is 0 Å². The Labute approximate surface area is 87.2 Å². The number of hydrogen-bond acceptors (Lipinski definition) is 2. The van der Waals surface area contributed by atoms with Crippen molar-refractivity contribution in [3.05, 3.63) is 0 Å². The minimum atomic E-state index is 0.0986. The largest absolute Gasteiger partial charge is 0.316 e. The summed E-state index contributed by atoms with van der Waals surface area (Å²) in [5, 5.41) is 3.24. The highest BCUT2D eigenvalue weighted by molar-refractivity contribution is 5.74. The van der Waals surface area contributed by atoms with Crippen LogP contribution in [0.15, 0.2) is 0 Å². The third-order valence-electron chi connectivity index (χ3n) is 1.70. The molecular weight excluding hydrogens is 178 g/mol. The summed E-state index contributed by atoms with van der Waals surface area (Å²) in [6.07, 6.45) is 2.92. The summed E-state index contributed by atoms with van der Waals surface area (Å²) < 4.78 is 0.480. The second-order valence-corrected chi connectivity index (χ2v) is 4.40. The Bertz CT molecular complexity index is 163. The zero-order chi connectivity index (χ0) is 11.0. The molecule has 0 saturated heterocycles. The Kier molecular flexibility index (Phi) is 6.49. The Morgan fingerprint density at radius 1 is 1.21 bits per heavy atom. The van der Waals surface area contributed by atoms with E-state index in [-0.39, 0.29) is 5.91 Å². The van der Waals surface area contributed by atoms with Gasteiger partial charge in [0.15, 0.2) is 0 Å². The second kappa shape index (κ2) is 6.79. The molecule has 2 N–H and O–H groups in total. The number of hydrogen-bond donors (Lipinski definition) is 2. The van der Waals surface area contributed by atoms with Crippen molar-refractivity contribution in [1.29, 1.82) is 0 Å². The molecule has 0 bridgehead atoms. The molecule has 4 heteroatoms. The van der Waals surface area contributed by atoms with Crippen LogP contribution in [-0.4, -0.2) is 44.7 Å². The second-order valence-electron chi connectivity index (χ2n) is 4.40. The minimum Gasteiger partial charge on any atom is -0.316 e. The fourth-order valence-electron chi connectivity index (χ4n) is 1.06. The SMILES string of the molecule is CCCCNCCC(=O)N[N+](C)(C)C. The van der Waals surface area contributed by atoms with Crippen molar-refractivity contribution < 1.29 is 9.39 Å². The van der Waals surface area contributed by atoms with E-state index in [4.69, 9.17) is 0 Å². The van der Waals surface area contributed by atoms with Crippen LogP contribution in [0.1, 0.15) is 26.2 Å². The fourth-order valence-corrected chi connectivity index (χ4v) is 1.06. The number of nitrogens with one attached hydrogen (secondary N) is 2. The molecule has 0 aliphatic heterocycles. The van der Waals surface area contributed by atoms with E-state index < -0.39 is 0 Å². The average molecular weight is 202 g/mol. The van der Waals surface area contributed by atoms with Gasteiger partial charge in [-0.1, -0.05) is 13.3 Å². The molecule has 14 heavy (non-hydrogen) atoms. The highest BCUT2D eigenvalue weighted by Gasteiger charge is 2.11. The van der Waals surface area contributed by atoms with Gasteiger partial charge < -0.3 is 5.32 Å². The summed E-state index contributed by atoms with van der Waals surface area (Å²) in [5.41, 5.74) is 2.87. The molecule has 0 radical (unpaired) electrons. The maximum Gasteiger partial charge on any atom is 0.266 e. The van der Waals surface area contributed by atoms with Crippen molar-refractivity contribution in [2.45, 2.75) is 26.2 Å². The van der Waals surface area contributed by atoms with Gasteiger partial charge in [-0.05, 0) is 13.0 Å². The van der Waals surface area contributed by atoms with Crippen LogP contribution >= 0.6 is 0 Å². The highest BCUT2D eigenvalue weighted by atomic mass is 16.2. The van der Waals surface area contributed by atoms with Crippen LogP contribution in [0, 0.1) is 0 Å². The zero-order valence-corrected chi connectivity index (χ0v) is 9.89. The summed E-state index contributed by atoms with van der Waals surface area (Å²) in [5.74, 6) is 0.0986. The number of nitrogens with zero attached hydrogens (tertiary/aromatic N) is 1. The maximum absolute atomic E-state index is 11.3. The molecule has 0 fully saturated rings. The molecule has 0 rings (SSSR count). The van der Waals surface area contributed by atoms with E-state index in [1.54, 1.807) is 0 Å². The van der Waals surface area contributed by atoms with Crippen molar-refractivity contribution in [3.8, 4) is 0 Å². The van der Waals surface area contributed by atoms with E-state index in [2.05, 4.69) is 17.7 Å². The van der Waals surface area contributed by atoms with E-state index in [1.807, 2.05) is 21.1 Å². The van der Waals surface area contributed by atoms with Gasteiger partial charge in [0, 0.05) is 13.0 Å².